The van der Waals surface area contributed by atoms with Crippen LogP contribution >= 0.6 is 0 Å². The van der Waals surface area contributed by atoms with E-state index in [9.17, 15) is 5.11 Å². The molecule has 1 aromatic carbocycles. The molecule has 1 saturated carbocycles. The van der Waals surface area contributed by atoms with Crippen LogP contribution in [0.2, 0.25) is 0 Å². The number of rotatable bonds is 4. The van der Waals surface area contributed by atoms with Crippen LogP contribution in [-0.2, 0) is 6.42 Å². The Morgan fingerprint density at radius 3 is 2.53 bits per heavy atom. The maximum atomic E-state index is 9.55. The molecule has 1 aromatic rings. The third-order valence-electron chi connectivity index (χ3n) is 3.78. The van der Waals surface area contributed by atoms with Gasteiger partial charge < -0.3 is 5.11 Å². The lowest BCUT2D eigenvalue weighted by Crippen LogP contribution is -2.27. The topological polar surface area (TPSA) is 20.2 Å². The molecule has 1 atom stereocenters. The Bertz CT molecular complexity index is 341. The van der Waals surface area contributed by atoms with E-state index in [1.54, 1.807) is 0 Å². The van der Waals surface area contributed by atoms with Crippen molar-refractivity contribution >= 4 is 0 Å². The van der Waals surface area contributed by atoms with Gasteiger partial charge in [0.05, 0.1) is 0 Å². The fraction of sp³-hybridized carbons (Fsp3) is 0.571. The van der Waals surface area contributed by atoms with Crippen molar-refractivity contribution in [2.24, 2.45) is 11.3 Å². The van der Waals surface area contributed by atoms with Crippen LogP contribution in [0.4, 0.5) is 0 Å². The first-order chi connectivity index (χ1) is 7.15. The summed E-state index contributed by atoms with van der Waals surface area (Å²) < 4.78 is 0. The van der Waals surface area contributed by atoms with Crippen molar-refractivity contribution in [1.29, 1.82) is 0 Å². The van der Waals surface area contributed by atoms with Crippen molar-refractivity contribution in [3.8, 4) is 0 Å². The van der Waals surface area contributed by atoms with E-state index in [1.165, 1.54) is 24.0 Å². The van der Waals surface area contributed by atoms with Gasteiger partial charge in [0.1, 0.15) is 0 Å². The zero-order valence-corrected chi connectivity index (χ0v) is 9.66. The van der Waals surface area contributed by atoms with Crippen molar-refractivity contribution in [2.75, 3.05) is 6.61 Å². The van der Waals surface area contributed by atoms with Crippen LogP contribution in [0.5, 0.6) is 0 Å². The third kappa shape index (κ3) is 2.23. The summed E-state index contributed by atoms with van der Waals surface area (Å²) in [6.07, 6.45) is 3.60. The molecular formula is C14H20O. The first-order valence-corrected chi connectivity index (χ1v) is 5.81. The SMILES string of the molecule is Cc1ccccc1CC(C)(CO)C1CC1. The summed E-state index contributed by atoms with van der Waals surface area (Å²) in [7, 11) is 0. The molecule has 0 heterocycles. The predicted molar refractivity (Wildman–Crippen MR) is 62.8 cm³/mol. The van der Waals surface area contributed by atoms with E-state index in [-0.39, 0.29) is 5.41 Å². The minimum absolute atomic E-state index is 0.103. The Labute approximate surface area is 92.1 Å². The number of aryl methyl sites for hydroxylation is 1. The van der Waals surface area contributed by atoms with Crippen LogP contribution in [0.25, 0.3) is 0 Å². The van der Waals surface area contributed by atoms with Gasteiger partial charge in [0.2, 0.25) is 0 Å². The van der Waals surface area contributed by atoms with Crippen LogP contribution in [0, 0.1) is 18.3 Å². The van der Waals surface area contributed by atoms with E-state index in [2.05, 4.69) is 38.1 Å². The van der Waals surface area contributed by atoms with Crippen molar-refractivity contribution in [1.82, 2.24) is 0 Å². The van der Waals surface area contributed by atoms with E-state index in [4.69, 9.17) is 0 Å². The Balaban J connectivity index is 2.16. The average molecular weight is 204 g/mol. The van der Waals surface area contributed by atoms with Crippen molar-refractivity contribution < 1.29 is 5.11 Å². The molecular weight excluding hydrogens is 184 g/mol. The largest absolute Gasteiger partial charge is 0.396 e. The fourth-order valence-corrected chi connectivity index (χ4v) is 2.35. The summed E-state index contributed by atoms with van der Waals surface area (Å²) in [5.74, 6) is 0.738. The maximum Gasteiger partial charge on any atom is 0.0490 e. The lowest BCUT2D eigenvalue weighted by atomic mass is 9.79. The van der Waals surface area contributed by atoms with Gasteiger partial charge >= 0.3 is 0 Å². The summed E-state index contributed by atoms with van der Waals surface area (Å²) in [4.78, 5) is 0. The molecule has 1 fully saturated rings. The summed E-state index contributed by atoms with van der Waals surface area (Å²) in [5, 5.41) is 9.55. The second-order valence-corrected chi connectivity index (χ2v) is 5.19. The first kappa shape index (κ1) is 10.7. The molecule has 0 aromatic heterocycles. The van der Waals surface area contributed by atoms with Crippen molar-refractivity contribution in [3.63, 3.8) is 0 Å². The van der Waals surface area contributed by atoms with Crippen LogP contribution in [0.1, 0.15) is 30.9 Å². The zero-order chi connectivity index (χ0) is 10.9. The van der Waals surface area contributed by atoms with Gasteiger partial charge in [0.15, 0.2) is 0 Å². The van der Waals surface area contributed by atoms with Gasteiger partial charge in [-0.25, -0.2) is 0 Å². The molecule has 1 N–H and O–H groups in total. The molecule has 1 aliphatic rings. The molecule has 15 heavy (non-hydrogen) atoms. The molecule has 0 bridgehead atoms. The fourth-order valence-electron chi connectivity index (χ4n) is 2.35. The van der Waals surface area contributed by atoms with E-state index < -0.39 is 0 Å². The van der Waals surface area contributed by atoms with E-state index in [0.29, 0.717) is 6.61 Å². The smallest absolute Gasteiger partial charge is 0.0490 e. The third-order valence-corrected chi connectivity index (χ3v) is 3.78. The molecule has 0 spiro atoms. The van der Waals surface area contributed by atoms with E-state index in [0.717, 1.165) is 12.3 Å². The van der Waals surface area contributed by atoms with Gasteiger partial charge in [-0.1, -0.05) is 31.2 Å². The number of hydrogen-bond donors (Lipinski definition) is 1. The highest BCUT2D eigenvalue weighted by Gasteiger charge is 2.40. The Morgan fingerprint density at radius 1 is 1.33 bits per heavy atom. The second kappa shape index (κ2) is 3.97. The Hall–Kier alpha value is -0.820. The molecule has 1 nitrogen and oxygen atoms in total. The monoisotopic (exact) mass is 204 g/mol. The Morgan fingerprint density at radius 2 is 2.00 bits per heavy atom. The van der Waals surface area contributed by atoms with Crippen LogP contribution in [0.3, 0.4) is 0 Å². The summed E-state index contributed by atoms with van der Waals surface area (Å²) in [6, 6.07) is 8.50. The van der Waals surface area contributed by atoms with Crippen LogP contribution in [-0.4, -0.2) is 11.7 Å². The second-order valence-electron chi connectivity index (χ2n) is 5.19. The quantitative estimate of drug-likeness (QED) is 0.799. The van der Waals surface area contributed by atoms with E-state index >= 15 is 0 Å². The highest BCUT2D eigenvalue weighted by Crippen LogP contribution is 2.47. The van der Waals surface area contributed by atoms with Gasteiger partial charge in [0.25, 0.3) is 0 Å². The normalized spacial score (nSPS) is 19.9. The van der Waals surface area contributed by atoms with Gasteiger partial charge in [-0.3, -0.25) is 0 Å². The van der Waals surface area contributed by atoms with Gasteiger partial charge in [-0.2, -0.15) is 0 Å². The van der Waals surface area contributed by atoms with Crippen LogP contribution < -0.4 is 0 Å². The standard InChI is InChI=1S/C14H20O/c1-11-5-3-4-6-12(11)9-14(2,10-15)13-7-8-13/h3-6,13,15H,7-10H2,1-2H3. The van der Waals surface area contributed by atoms with Crippen molar-refractivity contribution in [2.45, 2.75) is 33.1 Å². The molecule has 0 aliphatic heterocycles. The lowest BCUT2D eigenvalue weighted by Gasteiger charge is -2.28. The molecule has 0 amide bonds. The first-order valence-electron chi connectivity index (χ1n) is 5.81. The molecule has 1 unspecified atom stereocenters. The molecule has 2 rings (SSSR count). The molecule has 1 aliphatic carbocycles. The summed E-state index contributed by atoms with van der Waals surface area (Å²) >= 11 is 0. The highest BCUT2D eigenvalue weighted by molar-refractivity contribution is 5.27. The van der Waals surface area contributed by atoms with Crippen molar-refractivity contribution in [3.05, 3.63) is 35.4 Å². The van der Waals surface area contributed by atoms with Gasteiger partial charge in [0, 0.05) is 6.61 Å². The number of aliphatic hydroxyl groups excluding tert-OH is 1. The maximum absolute atomic E-state index is 9.55. The minimum atomic E-state index is 0.103. The molecule has 0 saturated heterocycles. The lowest BCUT2D eigenvalue weighted by molar-refractivity contribution is 0.119. The minimum Gasteiger partial charge on any atom is -0.396 e. The van der Waals surface area contributed by atoms with Gasteiger partial charge in [-0.05, 0) is 48.6 Å². The summed E-state index contributed by atoms with van der Waals surface area (Å²) in [5.41, 5.74) is 2.84. The summed E-state index contributed by atoms with van der Waals surface area (Å²) in [6.45, 7) is 4.68. The predicted octanol–water partition coefficient (Wildman–Crippen LogP) is 2.95. The zero-order valence-electron chi connectivity index (χ0n) is 9.66. The molecule has 82 valence electrons. The molecule has 1 heteroatoms. The highest BCUT2D eigenvalue weighted by atomic mass is 16.3. The number of aliphatic hydroxyl groups is 1. The van der Waals surface area contributed by atoms with E-state index in [1.807, 2.05) is 0 Å². The van der Waals surface area contributed by atoms with Crippen LogP contribution in [0.15, 0.2) is 24.3 Å². The average Bonchev–Trinajstić information content (AvgIpc) is 3.05. The Kier molecular flexibility index (Phi) is 2.83. The number of hydrogen-bond acceptors (Lipinski definition) is 1. The van der Waals surface area contributed by atoms with Gasteiger partial charge in [-0.15, -0.1) is 0 Å². The molecule has 0 radical (unpaired) electrons. The number of benzene rings is 1.